The molecule has 1 aliphatic heterocycles. The molecule has 2 aromatic carbocycles. The fraction of sp³-hybridized carbons (Fsp3) is 0.0909. The topological polar surface area (TPSA) is 100 Å². The Kier molecular flexibility index (Phi) is 4.68. The highest BCUT2D eigenvalue weighted by atomic mass is 16.7. The van der Waals surface area contributed by atoms with Crippen molar-refractivity contribution in [3.8, 4) is 28.9 Å². The molecule has 0 radical (unpaired) electrons. The predicted octanol–water partition coefficient (Wildman–Crippen LogP) is 3.74. The maximum absolute atomic E-state index is 12.5. The van der Waals surface area contributed by atoms with Crippen molar-refractivity contribution in [2.75, 3.05) is 12.1 Å². The molecule has 4 aromatic rings. The monoisotopic (exact) mass is 415 g/mol. The maximum atomic E-state index is 12.5. The van der Waals surface area contributed by atoms with Crippen LogP contribution < -0.4 is 19.5 Å². The fourth-order valence-electron chi connectivity index (χ4n) is 3.08. The van der Waals surface area contributed by atoms with Crippen LogP contribution >= 0.6 is 0 Å². The molecule has 154 valence electrons. The van der Waals surface area contributed by atoms with Crippen molar-refractivity contribution in [3.63, 3.8) is 0 Å². The number of rotatable bonds is 5. The van der Waals surface area contributed by atoms with E-state index < -0.39 is 0 Å². The van der Waals surface area contributed by atoms with E-state index in [-0.39, 0.29) is 12.7 Å². The zero-order valence-electron chi connectivity index (χ0n) is 16.5. The number of ether oxygens (including phenoxy) is 3. The smallest absolute Gasteiger partial charge is 0.255 e. The second kappa shape index (κ2) is 7.79. The first-order valence-corrected chi connectivity index (χ1v) is 9.49. The SMILES string of the molecule is Cc1nccn1-c1ccc(Oc2ccc(NC(=O)c3ccc4c(c3)OCO4)cc2)nn1. The summed E-state index contributed by atoms with van der Waals surface area (Å²) in [6.45, 7) is 2.05. The van der Waals surface area contributed by atoms with Crippen molar-refractivity contribution in [2.45, 2.75) is 6.92 Å². The van der Waals surface area contributed by atoms with Crippen LogP contribution in [-0.2, 0) is 0 Å². The average Bonchev–Trinajstić information content (AvgIpc) is 3.44. The number of hydrogen-bond donors (Lipinski definition) is 1. The van der Waals surface area contributed by atoms with Gasteiger partial charge in [-0.25, -0.2) is 4.98 Å². The molecule has 5 rings (SSSR count). The van der Waals surface area contributed by atoms with Gasteiger partial charge in [-0.1, -0.05) is 0 Å². The number of imidazole rings is 1. The summed E-state index contributed by atoms with van der Waals surface area (Å²) in [5.41, 5.74) is 1.11. The molecule has 31 heavy (non-hydrogen) atoms. The van der Waals surface area contributed by atoms with Crippen LogP contribution in [0.4, 0.5) is 5.69 Å². The summed E-state index contributed by atoms with van der Waals surface area (Å²) in [6, 6.07) is 15.6. The van der Waals surface area contributed by atoms with Crippen molar-refractivity contribution in [1.29, 1.82) is 0 Å². The highest BCUT2D eigenvalue weighted by Crippen LogP contribution is 2.32. The van der Waals surface area contributed by atoms with Crippen molar-refractivity contribution in [3.05, 3.63) is 78.4 Å². The van der Waals surface area contributed by atoms with Crippen LogP contribution in [0.3, 0.4) is 0 Å². The van der Waals surface area contributed by atoms with Gasteiger partial charge in [-0.3, -0.25) is 9.36 Å². The van der Waals surface area contributed by atoms with Crippen LogP contribution in [-0.4, -0.2) is 32.4 Å². The Morgan fingerprint density at radius 3 is 2.61 bits per heavy atom. The first kappa shape index (κ1) is 18.6. The number of anilines is 1. The van der Waals surface area contributed by atoms with E-state index in [1.54, 1.807) is 60.8 Å². The molecule has 2 aromatic heterocycles. The Balaban J connectivity index is 1.23. The minimum Gasteiger partial charge on any atom is -0.454 e. The number of nitrogens with zero attached hydrogens (tertiary/aromatic N) is 4. The van der Waals surface area contributed by atoms with Gasteiger partial charge in [-0.15, -0.1) is 10.2 Å². The highest BCUT2D eigenvalue weighted by Gasteiger charge is 2.16. The van der Waals surface area contributed by atoms with Gasteiger partial charge in [0.25, 0.3) is 5.91 Å². The highest BCUT2D eigenvalue weighted by molar-refractivity contribution is 6.04. The Morgan fingerprint density at radius 2 is 1.87 bits per heavy atom. The lowest BCUT2D eigenvalue weighted by molar-refractivity contribution is 0.102. The van der Waals surface area contributed by atoms with E-state index in [0.717, 1.165) is 5.82 Å². The summed E-state index contributed by atoms with van der Waals surface area (Å²) in [4.78, 5) is 16.6. The van der Waals surface area contributed by atoms with Crippen molar-refractivity contribution in [1.82, 2.24) is 19.7 Å². The van der Waals surface area contributed by atoms with Crippen LogP contribution in [0.1, 0.15) is 16.2 Å². The number of aromatic nitrogens is 4. The number of benzene rings is 2. The lowest BCUT2D eigenvalue weighted by Crippen LogP contribution is -2.11. The summed E-state index contributed by atoms with van der Waals surface area (Å²) in [6.07, 6.45) is 3.52. The molecule has 0 unspecified atom stereocenters. The molecule has 0 aliphatic carbocycles. The number of carbonyl (C=O) groups excluding carboxylic acids is 1. The molecule has 1 aliphatic rings. The van der Waals surface area contributed by atoms with Gasteiger partial charge in [0.05, 0.1) is 0 Å². The number of carbonyl (C=O) groups is 1. The van der Waals surface area contributed by atoms with Crippen LogP contribution in [0.15, 0.2) is 67.0 Å². The third-order valence-electron chi connectivity index (χ3n) is 4.67. The molecular formula is C22H17N5O4. The molecule has 0 spiro atoms. The Labute approximate surface area is 177 Å². The Hall–Kier alpha value is -4.40. The Morgan fingerprint density at radius 1 is 1.03 bits per heavy atom. The number of aryl methyl sites for hydroxylation is 1. The molecule has 3 heterocycles. The van der Waals surface area contributed by atoms with Gasteiger partial charge in [0, 0.05) is 29.7 Å². The van der Waals surface area contributed by atoms with Gasteiger partial charge in [0.2, 0.25) is 12.7 Å². The zero-order valence-corrected chi connectivity index (χ0v) is 16.5. The van der Waals surface area contributed by atoms with Crippen LogP contribution in [0.25, 0.3) is 5.82 Å². The number of nitrogens with one attached hydrogen (secondary N) is 1. The van der Waals surface area contributed by atoms with Gasteiger partial charge >= 0.3 is 0 Å². The molecule has 0 saturated heterocycles. The van der Waals surface area contributed by atoms with Crippen molar-refractivity contribution >= 4 is 11.6 Å². The third kappa shape index (κ3) is 3.88. The minimum atomic E-state index is -0.247. The molecule has 9 nitrogen and oxygen atoms in total. The number of fused-ring (bicyclic) bond motifs is 1. The summed E-state index contributed by atoms with van der Waals surface area (Å²) in [5.74, 6) is 3.36. The lowest BCUT2D eigenvalue weighted by Gasteiger charge is -2.08. The largest absolute Gasteiger partial charge is 0.454 e. The van der Waals surface area contributed by atoms with Gasteiger partial charge in [0.15, 0.2) is 17.3 Å². The van der Waals surface area contributed by atoms with Crippen molar-refractivity contribution in [2.24, 2.45) is 0 Å². The molecule has 9 heteroatoms. The molecule has 1 amide bonds. The number of amides is 1. The standard InChI is InChI=1S/C22H17N5O4/c1-14-23-10-11-27(14)20-8-9-21(26-25-20)31-17-5-3-16(4-6-17)24-22(28)15-2-7-18-19(12-15)30-13-29-18/h2-12H,13H2,1H3,(H,24,28). The minimum absolute atomic E-state index is 0.165. The van der Waals surface area contributed by atoms with E-state index in [0.29, 0.717) is 40.2 Å². The van der Waals surface area contributed by atoms with Crippen LogP contribution in [0.2, 0.25) is 0 Å². The first-order chi connectivity index (χ1) is 15.2. The molecule has 1 N–H and O–H groups in total. The second-order valence-electron chi connectivity index (χ2n) is 6.72. The summed E-state index contributed by atoms with van der Waals surface area (Å²) in [5, 5.41) is 11.1. The second-order valence-corrected chi connectivity index (χ2v) is 6.72. The lowest BCUT2D eigenvalue weighted by atomic mass is 10.2. The van der Waals surface area contributed by atoms with Crippen LogP contribution in [0.5, 0.6) is 23.1 Å². The average molecular weight is 415 g/mol. The quantitative estimate of drug-likeness (QED) is 0.530. The van der Waals surface area contributed by atoms with Gasteiger partial charge in [-0.05, 0) is 55.5 Å². The maximum Gasteiger partial charge on any atom is 0.255 e. The molecule has 0 saturated carbocycles. The van der Waals surface area contributed by atoms with E-state index in [9.17, 15) is 4.79 Å². The van der Waals surface area contributed by atoms with Crippen LogP contribution in [0, 0.1) is 6.92 Å². The summed E-state index contributed by atoms with van der Waals surface area (Å²) in [7, 11) is 0. The van der Waals surface area contributed by atoms with Gasteiger partial charge in [0.1, 0.15) is 11.6 Å². The van der Waals surface area contributed by atoms with E-state index in [4.69, 9.17) is 14.2 Å². The van der Waals surface area contributed by atoms with E-state index in [2.05, 4.69) is 20.5 Å². The third-order valence-corrected chi connectivity index (χ3v) is 4.67. The van der Waals surface area contributed by atoms with Gasteiger partial charge in [-0.2, -0.15) is 0 Å². The first-order valence-electron chi connectivity index (χ1n) is 9.49. The van der Waals surface area contributed by atoms with E-state index in [1.165, 1.54) is 0 Å². The van der Waals surface area contributed by atoms with E-state index >= 15 is 0 Å². The normalized spacial score (nSPS) is 11.9. The molecule has 0 fully saturated rings. The fourth-order valence-corrected chi connectivity index (χ4v) is 3.08. The molecule has 0 atom stereocenters. The summed E-state index contributed by atoms with van der Waals surface area (Å²) < 4.78 is 18.1. The number of hydrogen-bond acceptors (Lipinski definition) is 7. The summed E-state index contributed by atoms with van der Waals surface area (Å²) >= 11 is 0. The molecule has 0 bridgehead atoms. The predicted molar refractivity (Wildman–Crippen MR) is 111 cm³/mol. The Bertz CT molecular complexity index is 1240. The molecular weight excluding hydrogens is 398 g/mol. The van der Waals surface area contributed by atoms with Crippen molar-refractivity contribution < 1.29 is 19.0 Å². The zero-order chi connectivity index (χ0) is 21.2. The van der Waals surface area contributed by atoms with E-state index in [1.807, 2.05) is 17.7 Å². The van der Waals surface area contributed by atoms with Gasteiger partial charge < -0.3 is 19.5 Å².